The highest BCUT2D eigenvalue weighted by molar-refractivity contribution is 4.90. The van der Waals surface area contributed by atoms with E-state index < -0.39 is 0 Å². The van der Waals surface area contributed by atoms with Crippen LogP contribution in [-0.4, -0.2) is 12.6 Å². The van der Waals surface area contributed by atoms with Gasteiger partial charge >= 0.3 is 0 Å². The lowest BCUT2D eigenvalue weighted by Crippen LogP contribution is -2.24. The molecule has 0 spiro atoms. The average molecular weight is 250 g/mol. The van der Waals surface area contributed by atoms with Gasteiger partial charge in [0, 0.05) is 12.6 Å². The molecule has 0 amide bonds. The van der Waals surface area contributed by atoms with Crippen molar-refractivity contribution in [1.29, 1.82) is 0 Å². The van der Waals surface area contributed by atoms with Gasteiger partial charge in [0.2, 0.25) is 0 Å². The van der Waals surface area contributed by atoms with Gasteiger partial charge in [-0.15, -0.1) is 6.58 Å². The quantitative estimate of drug-likeness (QED) is 0.319. The fourth-order valence-electron chi connectivity index (χ4n) is 2.57. The fourth-order valence-corrected chi connectivity index (χ4v) is 2.57. The molecule has 1 nitrogen and oxygen atoms in total. The third kappa shape index (κ3) is 7.92. The zero-order chi connectivity index (χ0) is 13.1. The number of rotatable bonds is 13. The summed E-state index contributed by atoms with van der Waals surface area (Å²) in [6, 6.07) is 0.604. The Bertz CT molecular complexity index is 196. The van der Waals surface area contributed by atoms with Crippen LogP contribution in [-0.2, 0) is 0 Å². The summed E-state index contributed by atoms with van der Waals surface area (Å²) in [5.74, 6) is 0.900. The van der Waals surface area contributed by atoms with E-state index in [4.69, 9.17) is 5.32 Å². The second-order valence-electron chi connectivity index (χ2n) is 5.81. The minimum atomic E-state index is 0.604. The van der Waals surface area contributed by atoms with Crippen LogP contribution >= 0.6 is 0 Å². The molecule has 0 aromatic heterocycles. The topological polar surface area (TPSA) is 14.1 Å². The Kier molecular flexibility index (Phi) is 9.28. The van der Waals surface area contributed by atoms with Crippen LogP contribution in [0.25, 0.3) is 0 Å². The molecule has 1 unspecified atom stereocenters. The molecule has 0 bridgehead atoms. The number of nitrogens with zero attached hydrogens (tertiary/aromatic N) is 1. The molecular formula is C17H32N. The number of hydrogen-bond acceptors (Lipinski definition) is 0. The molecule has 0 aromatic carbocycles. The van der Waals surface area contributed by atoms with Gasteiger partial charge in [0.15, 0.2) is 0 Å². The second-order valence-corrected chi connectivity index (χ2v) is 5.81. The van der Waals surface area contributed by atoms with Crippen LogP contribution in [0.2, 0.25) is 0 Å². The lowest BCUT2D eigenvalue weighted by Gasteiger charge is -2.13. The van der Waals surface area contributed by atoms with Crippen molar-refractivity contribution in [3.05, 3.63) is 12.7 Å². The molecule has 0 heterocycles. The number of unbranched alkanes of at least 4 members (excludes halogenated alkanes) is 7. The molecule has 1 fully saturated rings. The summed E-state index contributed by atoms with van der Waals surface area (Å²) >= 11 is 0. The zero-order valence-corrected chi connectivity index (χ0v) is 12.4. The first kappa shape index (κ1) is 15.8. The molecule has 0 aliphatic heterocycles. The lowest BCUT2D eigenvalue weighted by atomic mass is 10.1. The highest BCUT2D eigenvalue weighted by Gasteiger charge is 2.30. The zero-order valence-electron chi connectivity index (χ0n) is 12.4. The Balaban J connectivity index is 1.83. The largest absolute Gasteiger partial charge is 0.238 e. The van der Waals surface area contributed by atoms with Crippen molar-refractivity contribution in [2.24, 2.45) is 5.92 Å². The van der Waals surface area contributed by atoms with Crippen LogP contribution in [0.5, 0.6) is 0 Å². The Morgan fingerprint density at radius 3 is 2.22 bits per heavy atom. The molecule has 1 aliphatic carbocycles. The van der Waals surface area contributed by atoms with E-state index in [2.05, 4.69) is 13.5 Å². The summed E-state index contributed by atoms with van der Waals surface area (Å²) < 4.78 is 0. The Labute approximate surface area is 114 Å². The molecule has 0 aromatic rings. The Morgan fingerprint density at radius 1 is 1.06 bits per heavy atom. The van der Waals surface area contributed by atoms with Gasteiger partial charge in [-0.1, -0.05) is 57.9 Å². The van der Waals surface area contributed by atoms with E-state index in [0.29, 0.717) is 6.04 Å². The van der Waals surface area contributed by atoms with Crippen molar-refractivity contribution in [1.82, 2.24) is 5.32 Å². The molecule has 1 saturated carbocycles. The predicted octanol–water partition coefficient (Wildman–Crippen LogP) is 5.09. The minimum Gasteiger partial charge on any atom is -0.238 e. The van der Waals surface area contributed by atoms with Crippen molar-refractivity contribution < 1.29 is 0 Å². The maximum absolute atomic E-state index is 4.85. The van der Waals surface area contributed by atoms with Gasteiger partial charge in [0.25, 0.3) is 0 Å². The third-order valence-electron chi connectivity index (χ3n) is 3.95. The van der Waals surface area contributed by atoms with Crippen molar-refractivity contribution in [2.75, 3.05) is 6.54 Å². The average Bonchev–Trinajstić information content (AvgIpc) is 3.20. The van der Waals surface area contributed by atoms with Crippen LogP contribution in [0.4, 0.5) is 0 Å². The SMILES string of the molecule is C=CCC([N]CCCCCCCCCC)C1CC1. The molecule has 1 heteroatoms. The minimum absolute atomic E-state index is 0.604. The van der Waals surface area contributed by atoms with E-state index in [1.807, 2.05) is 6.08 Å². The molecule has 0 N–H and O–H groups in total. The van der Waals surface area contributed by atoms with Gasteiger partial charge in [-0.05, 0) is 31.6 Å². The first-order valence-electron chi connectivity index (χ1n) is 8.16. The summed E-state index contributed by atoms with van der Waals surface area (Å²) in [4.78, 5) is 0. The van der Waals surface area contributed by atoms with Crippen LogP contribution < -0.4 is 5.32 Å². The van der Waals surface area contributed by atoms with Gasteiger partial charge < -0.3 is 0 Å². The van der Waals surface area contributed by atoms with Crippen molar-refractivity contribution in [2.45, 2.75) is 83.6 Å². The fraction of sp³-hybridized carbons (Fsp3) is 0.882. The van der Waals surface area contributed by atoms with Crippen LogP contribution in [0.1, 0.15) is 77.6 Å². The summed E-state index contributed by atoms with van der Waals surface area (Å²) in [5, 5.41) is 4.85. The standard InChI is InChI=1S/C17H32N/c1-3-5-6-7-8-9-10-11-15-18-17(12-4-2)16-13-14-16/h4,16-17H,2-3,5-15H2,1H3. The molecule has 1 aliphatic rings. The summed E-state index contributed by atoms with van der Waals surface area (Å²) in [7, 11) is 0. The monoisotopic (exact) mass is 250 g/mol. The number of hydrogen-bond donors (Lipinski definition) is 0. The van der Waals surface area contributed by atoms with E-state index in [9.17, 15) is 0 Å². The van der Waals surface area contributed by atoms with E-state index in [1.165, 1.54) is 64.2 Å². The van der Waals surface area contributed by atoms with E-state index >= 15 is 0 Å². The summed E-state index contributed by atoms with van der Waals surface area (Å²) in [6.45, 7) is 7.21. The third-order valence-corrected chi connectivity index (χ3v) is 3.95. The van der Waals surface area contributed by atoms with Crippen molar-refractivity contribution in [3.63, 3.8) is 0 Å². The van der Waals surface area contributed by atoms with Gasteiger partial charge in [0.1, 0.15) is 0 Å². The van der Waals surface area contributed by atoms with Gasteiger partial charge in [0.05, 0.1) is 0 Å². The molecule has 105 valence electrons. The highest BCUT2D eigenvalue weighted by atomic mass is 14.9. The normalized spacial score (nSPS) is 16.7. The van der Waals surface area contributed by atoms with Crippen molar-refractivity contribution >= 4 is 0 Å². The molecular weight excluding hydrogens is 218 g/mol. The van der Waals surface area contributed by atoms with E-state index in [1.54, 1.807) is 0 Å². The molecule has 1 rings (SSSR count). The molecule has 1 atom stereocenters. The summed E-state index contributed by atoms with van der Waals surface area (Å²) in [5.41, 5.74) is 0. The molecule has 0 saturated heterocycles. The van der Waals surface area contributed by atoms with Gasteiger partial charge in [-0.3, -0.25) is 0 Å². The van der Waals surface area contributed by atoms with Crippen LogP contribution in [0.15, 0.2) is 12.7 Å². The predicted molar refractivity (Wildman–Crippen MR) is 80.9 cm³/mol. The Morgan fingerprint density at radius 2 is 1.67 bits per heavy atom. The second kappa shape index (κ2) is 10.6. The lowest BCUT2D eigenvalue weighted by molar-refractivity contribution is 0.442. The first-order valence-corrected chi connectivity index (χ1v) is 8.16. The highest BCUT2D eigenvalue weighted by Crippen LogP contribution is 2.34. The summed E-state index contributed by atoms with van der Waals surface area (Å²) in [6.07, 6.45) is 17.1. The molecule has 1 radical (unpaired) electrons. The molecule has 18 heavy (non-hydrogen) atoms. The van der Waals surface area contributed by atoms with Gasteiger partial charge in [-0.25, -0.2) is 5.32 Å². The van der Waals surface area contributed by atoms with Crippen LogP contribution in [0, 0.1) is 5.92 Å². The van der Waals surface area contributed by atoms with Gasteiger partial charge in [-0.2, -0.15) is 0 Å². The maximum Gasteiger partial charge on any atom is 0.0308 e. The smallest absolute Gasteiger partial charge is 0.0308 e. The Hall–Kier alpha value is -0.300. The van der Waals surface area contributed by atoms with E-state index in [-0.39, 0.29) is 0 Å². The first-order chi connectivity index (χ1) is 8.88. The maximum atomic E-state index is 4.85. The van der Waals surface area contributed by atoms with E-state index in [0.717, 1.165) is 18.9 Å². The van der Waals surface area contributed by atoms with Crippen LogP contribution in [0.3, 0.4) is 0 Å². The van der Waals surface area contributed by atoms with Crippen molar-refractivity contribution in [3.8, 4) is 0 Å².